The molecule has 1 aromatic carbocycles. The second kappa shape index (κ2) is 6.06. The highest BCUT2D eigenvalue weighted by Gasteiger charge is 2.26. The number of benzene rings is 1. The molecule has 0 amide bonds. The highest BCUT2D eigenvalue weighted by Crippen LogP contribution is 2.26. The molecule has 0 saturated carbocycles. The predicted molar refractivity (Wildman–Crippen MR) is 83.9 cm³/mol. The van der Waals surface area contributed by atoms with Crippen LogP contribution in [-0.2, 0) is 6.42 Å². The lowest BCUT2D eigenvalue weighted by molar-refractivity contribution is 0.407. The molecule has 5 heteroatoms. The van der Waals surface area contributed by atoms with E-state index < -0.39 is 0 Å². The van der Waals surface area contributed by atoms with Crippen molar-refractivity contribution in [1.82, 2.24) is 10.1 Å². The summed E-state index contributed by atoms with van der Waals surface area (Å²) in [4.78, 5) is 6.67. The molecule has 4 nitrogen and oxygen atoms in total. The maximum Gasteiger partial charge on any atom is 0.324 e. The smallest absolute Gasteiger partial charge is 0.324 e. The van der Waals surface area contributed by atoms with Crippen molar-refractivity contribution >= 4 is 17.6 Å². The van der Waals surface area contributed by atoms with Crippen molar-refractivity contribution in [1.29, 1.82) is 0 Å². The SMILES string of the molecule is CC(C)c1noc(N2CCC(Cc3ccc(Cl)cc3)C2)n1. The van der Waals surface area contributed by atoms with E-state index in [-0.39, 0.29) is 0 Å². The van der Waals surface area contributed by atoms with Gasteiger partial charge in [0.15, 0.2) is 5.82 Å². The zero-order chi connectivity index (χ0) is 14.8. The molecule has 112 valence electrons. The third-order valence-corrected chi connectivity index (χ3v) is 4.19. The van der Waals surface area contributed by atoms with Gasteiger partial charge in [0.1, 0.15) is 0 Å². The molecule has 1 fully saturated rings. The minimum absolute atomic E-state index is 0.301. The fourth-order valence-electron chi connectivity index (χ4n) is 2.72. The minimum atomic E-state index is 0.301. The Morgan fingerprint density at radius 2 is 2.10 bits per heavy atom. The lowest BCUT2D eigenvalue weighted by atomic mass is 9.99. The Labute approximate surface area is 130 Å². The first kappa shape index (κ1) is 14.4. The van der Waals surface area contributed by atoms with E-state index in [1.54, 1.807) is 0 Å². The Bertz CT molecular complexity index is 594. The van der Waals surface area contributed by atoms with Crippen LogP contribution >= 0.6 is 11.6 Å². The molecule has 3 rings (SSSR count). The maximum atomic E-state index is 5.92. The molecule has 1 aromatic heterocycles. The van der Waals surface area contributed by atoms with Gasteiger partial charge in [-0.1, -0.05) is 42.7 Å². The highest BCUT2D eigenvalue weighted by molar-refractivity contribution is 6.30. The summed E-state index contributed by atoms with van der Waals surface area (Å²) in [6.45, 7) is 6.10. The normalized spacial score (nSPS) is 18.7. The summed E-state index contributed by atoms with van der Waals surface area (Å²) in [5, 5.41) is 4.83. The number of anilines is 1. The maximum absolute atomic E-state index is 5.92. The number of hydrogen-bond donors (Lipinski definition) is 0. The van der Waals surface area contributed by atoms with E-state index in [1.807, 2.05) is 12.1 Å². The lowest BCUT2D eigenvalue weighted by Gasteiger charge is -2.13. The van der Waals surface area contributed by atoms with Gasteiger partial charge in [0, 0.05) is 24.0 Å². The zero-order valence-electron chi connectivity index (χ0n) is 12.4. The lowest BCUT2D eigenvalue weighted by Crippen LogP contribution is -2.20. The summed E-state index contributed by atoms with van der Waals surface area (Å²) < 4.78 is 5.37. The zero-order valence-corrected chi connectivity index (χ0v) is 13.2. The van der Waals surface area contributed by atoms with Crippen molar-refractivity contribution in [2.75, 3.05) is 18.0 Å². The van der Waals surface area contributed by atoms with E-state index in [2.05, 4.69) is 41.0 Å². The Balaban J connectivity index is 1.60. The van der Waals surface area contributed by atoms with Gasteiger partial charge in [-0.25, -0.2) is 0 Å². The first-order valence-corrected chi connectivity index (χ1v) is 7.82. The summed E-state index contributed by atoms with van der Waals surface area (Å²) in [5.41, 5.74) is 1.33. The molecule has 1 unspecified atom stereocenters. The fraction of sp³-hybridized carbons (Fsp3) is 0.500. The van der Waals surface area contributed by atoms with Crippen molar-refractivity contribution in [3.8, 4) is 0 Å². The quantitative estimate of drug-likeness (QED) is 0.858. The molecule has 0 aliphatic carbocycles. The monoisotopic (exact) mass is 305 g/mol. The van der Waals surface area contributed by atoms with Crippen LogP contribution < -0.4 is 4.90 Å². The van der Waals surface area contributed by atoms with Crippen molar-refractivity contribution < 1.29 is 4.52 Å². The summed E-state index contributed by atoms with van der Waals surface area (Å²) in [7, 11) is 0. The summed E-state index contributed by atoms with van der Waals surface area (Å²) in [6, 6.07) is 8.79. The van der Waals surface area contributed by atoms with Gasteiger partial charge in [0.2, 0.25) is 0 Å². The third kappa shape index (κ3) is 3.38. The van der Waals surface area contributed by atoms with E-state index in [4.69, 9.17) is 16.1 Å². The number of hydrogen-bond acceptors (Lipinski definition) is 4. The van der Waals surface area contributed by atoms with Crippen LogP contribution in [0.15, 0.2) is 28.8 Å². The van der Waals surface area contributed by atoms with Gasteiger partial charge >= 0.3 is 6.01 Å². The van der Waals surface area contributed by atoms with Crippen LogP contribution in [0, 0.1) is 5.92 Å². The Hall–Kier alpha value is -1.55. The molecule has 0 spiro atoms. The van der Waals surface area contributed by atoms with Gasteiger partial charge in [0.25, 0.3) is 0 Å². The molecule has 2 aromatic rings. The molecular formula is C16H20ClN3O. The van der Waals surface area contributed by atoms with Crippen molar-refractivity contribution in [3.63, 3.8) is 0 Å². The van der Waals surface area contributed by atoms with Crippen molar-refractivity contribution in [3.05, 3.63) is 40.7 Å². The van der Waals surface area contributed by atoms with Gasteiger partial charge in [0.05, 0.1) is 0 Å². The van der Waals surface area contributed by atoms with Crippen molar-refractivity contribution in [2.24, 2.45) is 5.92 Å². The largest absolute Gasteiger partial charge is 0.324 e. The average Bonchev–Trinajstić information content (AvgIpc) is 3.10. The standard InChI is InChI=1S/C16H20ClN3O/c1-11(2)15-18-16(21-19-15)20-8-7-13(10-20)9-12-3-5-14(17)6-4-12/h3-6,11,13H,7-10H2,1-2H3. The minimum Gasteiger partial charge on any atom is -0.324 e. The molecule has 21 heavy (non-hydrogen) atoms. The first-order valence-electron chi connectivity index (χ1n) is 7.45. The van der Waals surface area contributed by atoms with Crippen molar-refractivity contribution in [2.45, 2.75) is 32.6 Å². The average molecular weight is 306 g/mol. The number of halogens is 1. The number of nitrogens with zero attached hydrogens (tertiary/aromatic N) is 3. The van der Waals surface area contributed by atoms with E-state index in [9.17, 15) is 0 Å². The van der Waals surface area contributed by atoms with Gasteiger partial charge < -0.3 is 9.42 Å². The molecular weight excluding hydrogens is 286 g/mol. The van der Waals surface area contributed by atoms with E-state index >= 15 is 0 Å². The summed E-state index contributed by atoms with van der Waals surface area (Å²) in [5.74, 6) is 1.71. The molecule has 1 aliphatic rings. The molecule has 1 aliphatic heterocycles. The van der Waals surface area contributed by atoms with Crippen LogP contribution in [0.3, 0.4) is 0 Å². The van der Waals surface area contributed by atoms with Gasteiger partial charge in [-0.2, -0.15) is 4.98 Å². The molecule has 1 atom stereocenters. The van der Waals surface area contributed by atoms with Crippen LogP contribution in [0.2, 0.25) is 5.02 Å². The van der Waals surface area contributed by atoms with Crippen LogP contribution in [0.1, 0.15) is 37.6 Å². The number of rotatable bonds is 4. The Morgan fingerprint density at radius 3 is 2.76 bits per heavy atom. The molecule has 1 saturated heterocycles. The topological polar surface area (TPSA) is 42.2 Å². The van der Waals surface area contributed by atoms with Crippen LogP contribution in [0.4, 0.5) is 6.01 Å². The van der Waals surface area contributed by atoms with Gasteiger partial charge in [-0.15, -0.1) is 0 Å². The predicted octanol–water partition coefficient (Wildman–Crippen LogP) is 3.92. The van der Waals surface area contributed by atoms with E-state index in [0.29, 0.717) is 17.9 Å². The van der Waals surface area contributed by atoms with Crippen LogP contribution in [-0.4, -0.2) is 23.2 Å². The van der Waals surface area contributed by atoms with Crippen LogP contribution in [0.25, 0.3) is 0 Å². The summed E-state index contributed by atoms with van der Waals surface area (Å²) >= 11 is 5.92. The Morgan fingerprint density at radius 1 is 1.33 bits per heavy atom. The first-order chi connectivity index (χ1) is 10.1. The Kier molecular flexibility index (Phi) is 4.15. The molecule has 0 N–H and O–H groups in total. The molecule has 2 heterocycles. The van der Waals surface area contributed by atoms with E-state index in [0.717, 1.165) is 36.8 Å². The fourth-order valence-corrected chi connectivity index (χ4v) is 2.84. The highest BCUT2D eigenvalue weighted by atomic mass is 35.5. The molecule has 0 bridgehead atoms. The van der Waals surface area contributed by atoms with Gasteiger partial charge in [-0.3, -0.25) is 0 Å². The third-order valence-electron chi connectivity index (χ3n) is 3.94. The molecule has 0 radical (unpaired) electrons. The summed E-state index contributed by atoms with van der Waals surface area (Å²) in [6.07, 6.45) is 2.22. The number of aromatic nitrogens is 2. The van der Waals surface area contributed by atoms with Crippen LogP contribution in [0.5, 0.6) is 0 Å². The van der Waals surface area contributed by atoms with E-state index in [1.165, 1.54) is 5.56 Å². The van der Waals surface area contributed by atoms with Gasteiger partial charge in [-0.05, 0) is 36.5 Å². The second-order valence-corrected chi connectivity index (χ2v) is 6.46. The second-order valence-electron chi connectivity index (χ2n) is 6.02.